The molecule has 1 unspecified atom stereocenters. The molecule has 0 bridgehead atoms. The first-order valence-electron chi connectivity index (χ1n) is 21.2. The summed E-state index contributed by atoms with van der Waals surface area (Å²) >= 11 is 1.93. The average Bonchev–Trinajstić information content (AvgIpc) is 3.95. The molecule has 1 spiro atoms. The molecule has 0 radical (unpaired) electrons. The summed E-state index contributed by atoms with van der Waals surface area (Å²) in [4.78, 5) is 0. The van der Waals surface area contributed by atoms with Crippen LogP contribution in [0.25, 0.3) is 76.0 Å². The van der Waals surface area contributed by atoms with Gasteiger partial charge < -0.3 is 5.32 Å². The summed E-state index contributed by atoms with van der Waals surface area (Å²) in [5, 5.41) is 6.55. The van der Waals surface area contributed by atoms with Gasteiger partial charge >= 0.3 is 0 Å². The second-order valence-electron chi connectivity index (χ2n) is 17.0. The minimum atomic E-state index is -0.400. The Labute approximate surface area is 360 Å². The molecule has 286 valence electrons. The van der Waals surface area contributed by atoms with Gasteiger partial charge in [0.2, 0.25) is 0 Å². The van der Waals surface area contributed by atoms with Crippen LogP contribution in [0.4, 0.5) is 0 Å². The van der Waals surface area contributed by atoms with Crippen LogP contribution in [0, 0.1) is 0 Å². The standard InChI is InChI=1S/C59H39NS/c1-58-34-12-11-18-49(58)48(40-13-3-2-4-14-40)36-54(60-58)41-28-26-38(27-29-41)37-22-24-39(25-23-37)42-30-31-47-53(35-42)59(50-19-8-5-15-43(50)44-16-6-9-20-51(44)59)52-33-32-46-45-17-7-10-21-55(45)61-57(46)56(47)52/h2-36,60H,1H3. The van der Waals surface area contributed by atoms with E-state index in [2.05, 4.69) is 225 Å². The highest BCUT2D eigenvalue weighted by Gasteiger charge is 2.52. The third kappa shape index (κ3) is 4.88. The van der Waals surface area contributed by atoms with Gasteiger partial charge in [0.05, 0.1) is 11.0 Å². The maximum atomic E-state index is 3.87. The Morgan fingerprint density at radius 2 is 1.08 bits per heavy atom. The zero-order valence-electron chi connectivity index (χ0n) is 33.6. The van der Waals surface area contributed by atoms with Crippen LogP contribution in [0.1, 0.15) is 40.3 Å². The van der Waals surface area contributed by atoms with Gasteiger partial charge in [-0.05, 0) is 109 Å². The Kier molecular flexibility index (Phi) is 7.30. The molecule has 0 amide bonds. The van der Waals surface area contributed by atoms with Crippen molar-refractivity contribution in [2.45, 2.75) is 17.9 Å². The molecule has 2 heterocycles. The molecule has 0 saturated carbocycles. The van der Waals surface area contributed by atoms with Gasteiger partial charge in [-0.25, -0.2) is 0 Å². The molecule has 1 nitrogen and oxygen atoms in total. The van der Waals surface area contributed by atoms with E-state index in [9.17, 15) is 0 Å². The molecule has 61 heavy (non-hydrogen) atoms. The maximum absolute atomic E-state index is 3.87. The van der Waals surface area contributed by atoms with Crippen LogP contribution < -0.4 is 5.32 Å². The van der Waals surface area contributed by atoms with Crippen molar-refractivity contribution in [1.29, 1.82) is 0 Å². The fraction of sp³-hybridized carbons (Fsp3) is 0.0508. The van der Waals surface area contributed by atoms with E-state index in [1.807, 2.05) is 11.3 Å². The minimum Gasteiger partial charge on any atom is -0.372 e. The predicted molar refractivity (Wildman–Crippen MR) is 258 cm³/mol. The van der Waals surface area contributed by atoms with Crippen LogP contribution in [0.15, 0.2) is 218 Å². The number of nitrogens with one attached hydrogen (secondary N) is 1. The Morgan fingerprint density at radius 1 is 0.459 bits per heavy atom. The lowest BCUT2D eigenvalue weighted by molar-refractivity contribution is 0.599. The lowest BCUT2D eigenvalue weighted by Crippen LogP contribution is -2.43. The van der Waals surface area contributed by atoms with Gasteiger partial charge in [0, 0.05) is 31.4 Å². The molecule has 9 aromatic rings. The molecule has 1 aromatic heterocycles. The van der Waals surface area contributed by atoms with E-state index in [-0.39, 0.29) is 5.54 Å². The van der Waals surface area contributed by atoms with E-state index in [0.29, 0.717) is 0 Å². The highest BCUT2D eigenvalue weighted by molar-refractivity contribution is 7.26. The first-order valence-corrected chi connectivity index (χ1v) is 22.1. The Bertz CT molecular complexity index is 3380. The van der Waals surface area contributed by atoms with Crippen molar-refractivity contribution in [1.82, 2.24) is 5.32 Å². The zero-order chi connectivity index (χ0) is 40.3. The van der Waals surface area contributed by atoms with Crippen molar-refractivity contribution in [3.63, 3.8) is 0 Å². The van der Waals surface area contributed by atoms with Gasteiger partial charge in [-0.3, -0.25) is 0 Å². The summed E-state index contributed by atoms with van der Waals surface area (Å²) in [6.07, 6.45) is 11.1. The average molecular weight is 794 g/mol. The molecular formula is C59H39NS. The first-order chi connectivity index (χ1) is 30.1. The lowest BCUT2D eigenvalue weighted by Gasteiger charge is -2.38. The summed E-state index contributed by atoms with van der Waals surface area (Å²) in [6.45, 7) is 2.27. The van der Waals surface area contributed by atoms with E-state index in [1.54, 1.807) is 0 Å². The van der Waals surface area contributed by atoms with Crippen LogP contribution in [0.2, 0.25) is 0 Å². The van der Waals surface area contributed by atoms with E-state index in [1.165, 1.54) is 109 Å². The monoisotopic (exact) mass is 793 g/mol. The van der Waals surface area contributed by atoms with Gasteiger partial charge in [0.1, 0.15) is 0 Å². The van der Waals surface area contributed by atoms with Crippen molar-refractivity contribution in [3.05, 3.63) is 251 Å². The Hall–Kier alpha value is -7.26. The summed E-state index contributed by atoms with van der Waals surface area (Å²) in [6, 6.07) is 68.1. The first kappa shape index (κ1) is 34.6. The van der Waals surface area contributed by atoms with Crippen molar-refractivity contribution in [2.24, 2.45) is 0 Å². The van der Waals surface area contributed by atoms with E-state index < -0.39 is 5.41 Å². The van der Waals surface area contributed by atoms with E-state index in [0.717, 1.165) is 5.70 Å². The van der Waals surface area contributed by atoms with Crippen molar-refractivity contribution >= 4 is 42.8 Å². The minimum absolute atomic E-state index is 0.284. The van der Waals surface area contributed by atoms with Gasteiger partial charge in [0.25, 0.3) is 0 Å². The summed E-state index contributed by atoms with van der Waals surface area (Å²) in [5.41, 5.74) is 21.2. The summed E-state index contributed by atoms with van der Waals surface area (Å²) in [7, 11) is 0. The second kappa shape index (κ2) is 12.9. The maximum Gasteiger partial charge on any atom is 0.0790 e. The molecule has 1 N–H and O–H groups in total. The summed E-state index contributed by atoms with van der Waals surface area (Å²) in [5.74, 6) is 0. The second-order valence-corrected chi connectivity index (χ2v) is 18.1. The molecule has 1 aliphatic heterocycles. The van der Waals surface area contributed by atoms with Gasteiger partial charge in [-0.2, -0.15) is 0 Å². The highest BCUT2D eigenvalue weighted by atomic mass is 32.1. The van der Waals surface area contributed by atoms with Crippen molar-refractivity contribution in [2.75, 3.05) is 0 Å². The lowest BCUT2D eigenvalue weighted by atomic mass is 9.70. The van der Waals surface area contributed by atoms with Gasteiger partial charge in [-0.15, -0.1) is 11.3 Å². The van der Waals surface area contributed by atoms with Gasteiger partial charge in [0.15, 0.2) is 0 Å². The fourth-order valence-electron chi connectivity index (χ4n) is 11.0. The Balaban J connectivity index is 0.895. The Morgan fingerprint density at radius 3 is 1.82 bits per heavy atom. The molecule has 8 aromatic carbocycles. The molecule has 3 aliphatic carbocycles. The molecule has 0 saturated heterocycles. The van der Waals surface area contributed by atoms with Crippen molar-refractivity contribution in [3.8, 4) is 44.5 Å². The molecule has 2 heteroatoms. The molecule has 1 atom stereocenters. The predicted octanol–water partition coefficient (Wildman–Crippen LogP) is 15.0. The largest absolute Gasteiger partial charge is 0.372 e. The number of allylic oxidation sites excluding steroid dienone is 4. The SMILES string of the molecule is CC12C=CC=CC1=C(c1ccccc1)C=C(c1ccc(-c3ccc(-c4ccc5c(c4)C4(c6ccccc6-c6ccccc64)c4ccc6c(sc7ccccc76)c4-5)cc3)cc1)N2. The highest BCUT2D eigenvalue weighted by Crippen LogP contribution is 2.64. The molecule has 0 fully saturated rings. The number of rotatable bonds is 4. The topological polar surface area (TPSA) is 12.0 Å². The number of dihydropyridines is 1. The number of thiophene rings is 1. The zero-order valence-corrected chi connectivity index (χ0v) is 34.4. The number of hydrogen-bond donors (Lipinski definition) is 1. The van der Waals surface area contributed by atoms with E-state index in [4.69, 9.17) is 0 Å². The third-order valence-corrected chi connectivity index (χ3v) is 15.0. The fourth-order valence-corrected chi connectivity index (χ4v) is 12.2. The molecule has 4 aliphatic rings. The molecule has 13 rings (SSSR count). The van der Waals surface area contributed by atoms with Crippen molar-refractivity contribution < 1.29 is 0 Å². The molecular weight excluding hydrogens is 755 g/mol. The van der Waals surface area contributed by atoms with Crippen LogP contribution >= 0.6 is 11.3 Å². The van der Waals surface area contributed by atoms with E-state index >= 15 is 0 Å². The third-order valence-electron chi connectivity index (χ3n) is 13.8. The number of benzene rings is 8. The normalized spacial score (nSPS) is 17.5. The van der Waals surface area contributed by atoms with Crippen LogP contribution in [0.5, 0.6) is 0 Å². The summed E-state index contributed by atoms with van der Waals surface area (Å²) < 4.78 is 2.72. The quantitative estimate of drug-likeness (QED) is 0.187. The smallest absolute Gasteiger partial charge is 0.0790 e. The number of hydrogen-bond acceptors (Lipinski definition) is 2. The van der Waals surface area contributed by atoms with Crippen LogP contribution in [-0.4, -0.2) is 5.54 Å². The van der Waals surface area contributed by atoms with Gasteiger partial charge in [-0.1, -0.05) is 194 Å². The van der Waals surface area contributed by atoms with Crippen LogP contribution in [0.3, 0.4) is 0 Å². The van der Waals surface area contributed by atoms with Crippen LogP contribution in [-0.2, 0) is 5.41 Å². The number of fused-ring (bicyclic) bond motifs is 15.